The van der Waals surface area contributed by atoms with Crippen LogP contribution in [0.3, 0.4) is 0 Å². The van der Waals surface area contributed by atoms with Crippen LogP contribution in [-0.2, 0) is 30.5 Å². The van der Waals surface area contributed by atoms with Crippen LogP contribution >= 0.6 is 0 Å². The molecule has 14 heteroatoms. The number of rotatable bonds is 11. The highest BCUT2D eigenvalue weighted by atomic mass is 28.3. The van der Waals surface area contributed by atoms with Crippen molar-refractivity contribution in [3.8, 4) is 12.1 Å². The van der Waals surface area contributed by atoms with E-state index in [1.807, 2.05) is 0 Å². The number of anilines is 1. The van der Waals surface area contributed by atoms with Gasteiger partial charge in [-0.2, -0.15) is 33.5 Å². The maximum Gasteiger partial charge on any atom is 0.416 e. The van der Waals surface area contributed by atoms with E-state index in [1.165, 1.54) is 12.1 Å². The van der Waals surface area contributed by atoms with E-state index in [1.54, 1.807) is 10.9 Å². The molecule has 0 radical (unpaired) electrons. The van der Waals surface area contributed by atoms with Gasteiger partial charge in [-0.05, 0) is 68.9 Å². The van der Waals surface area contributed by atoms with Crippen molar-refractivity contribution < 1.29 is 22.6 Å². The van der Waals surface area contributed by atoms with Gasteiger partial charge in [-0.25, -0.2) is 4.68 Å². The molecule has 0 bridgehead atoms. The molecule has 1 N–H and O–H groups in total. The van der Waals surface area contributed by atoms with Crippen molar-refractivity contribution >= 4 is 24.8 Å². The SMILES string of the molecule is CN1CC[C@@H](COc2nc3c(c(N4CCNC(CC#N)C4)n2)CCC(c2c(C(F)(F)F)ccc4c2cnn4COCC[Si](C)(C)C)C3)C1. The smallest absolute Gasteiger partial charge is 0.416 e. The number of likely N-dealkylation sites (tertiary alicyclic amines) is 1. The number of alkyl halides is 3. The third kappa shape index (κ3) is 7.96. The van der Waals surface area contributed by atoms with E-state index >= 15 is 0 Å². The summed E-state index contributed by atoms with van der Waals surface area (Å²) in [6.07, 6.45) is -0.150. The number of benzene rings is 1. The molecule has 0 saturated carbocycles. The Morgan fingerprint density at radius 1 is 1.12 bits per heavy atom. The lowest BCUT2D eigenvalue weighted by Gasteiger charge is -2.36. The fraction of sp³-hybridized carbons (Fsp3) is 0.647. The Morgan fingerprint density at radius 2 is 1.96 bits per heavy atom. The van der Waals surface area contributed by atoms with Gasteiger partial charge in [-0.3, -0.25) is 0 Å². The van der Waals surface area contributed by atoms with Crippen LogP contribution in [-0.4, -0.2) is 91.7 Å². The lowest BCUT2D eigenvalue weighted by molar-refractivity contribution is -0.138. The second-order valence-corrected chi connectivity index (χ2v) is 20.5. The minimum atomic E-state index is -4.52. The topological polar surface area (TPSA) is 104 Å². The molecule has 3 atom stereocenters. The summed E-state index contributed by atoms with van der Waals surface area (Å²) in [6.45, 7) is 12.1. The van der Waals surface area contributed by atoms with Crippen LogP contribution in [0.1, 0.15) is 47.6 Å². The molecule has 6 rings (SSSR count). The second kappa shape index (κ2) is 14.3. The van der Waals surface area contributed by atoms with Gasteiger partial charge in [0.2, 0.25) is 0 Å². The highest BCUT2D eigenvalue weighted by Crippen LogP contribution is 2.44. The number of ether oxygens (including phenoxy) is 2. The Labute approximate surface area is 281 Å². The van der Waals surface area contributed by atoms with Crippen molar-refractivity contribution in [3.63, 3.8) is 0 Å². The molecule has 2 aliphatic heterocycles. The molecule has 48 heavy (non-hydrogen) atoms. The first-order chi connectivity index (χ1) is 22.9. The number of nitrogens with zero attached hydrogens (tertiary/aromatic N) is 7. The highest BCUT2D eigenvalue weighted by Gasteiger charge is 2.39. The van der Waals surface area contributed by atoms with Crippen LogP contribution in [0, 0.1) is 17.2 Å². The van der Waals surface area contributed by atoms with Crippen LogP contribution < -0.4 is 15.0 Å². The molecule has 3 aliphatic rings. The zero-order valence-corrected chi connectivity index (χ0v) is 29.4. The summed E-state index contributed by atoms with van der Waals surface area (Å²) in [6, 6.07) is 6.25. The summed E-state index contributed by atoms with van der Waals surface area (Å²) in [5, 5.41) is 17.7. The van der Waals surface area contributed by atoms with Crippen molar-refractivity contribution in [2.45, 2.75) is 82.7 Å². The van der Waals surface area contributed by atoms with Gasteiger partial charge < -0.3 is 24.6 Å². The van der Waals surface area contributed by atoms with Crippen molar-refractivity contribution in [3.05, 3.63) is 40.7 Å². The maximum atomic E-state index is 14.6. The van der Waals surface area contributed by atoms with E-state index in [0.717, 1.165) is 42.6 Å². The summed E-state index contributed by atoms with van der Waals surface area (Å²) >= 11 is 0. The van der Waals surface area contributed by atoms with Gasteiger partial charge in [0.1, 0.15) is 12.5 Å². The summed E-state index contributed by atoms with van der Waals surface area (Å²) < 4.78 is 57.6. The molecular formula is C34H47F3N8O2Si. The molecule has 260 valence electrons. The fourth-order valence-electron chi connectivity index (χ4n) is 7.26. The van der Waals surface area contributed by atoms with Crippen LogP contribution in [0.25, 0.3) is 10.9 Å². The quantitative estimate of drug-likeness (QED) is 0.209. The van der Waals surface area contributed by atoms with Gasteiger partial charge >= 0.3 is 12.2 Å². The number of halogens is 3. The Hall–Kier alpha value is -3.25. The normalized spacial score (nSPS) is 22.2. The molecule has 2 fully saturated rings. The minimum Gasteiger partial charge on any atom is -0.463 e. The van der Waals surface area contributed by atoms with Crippen LogP contribution in [0.4, 0.5) is 19.0 Å². The third-order valence-corrected chi connectivity index (χ3v) is 11.6. The van der Waals surface area contributed by atoms with Crippen LogP contribution in [0.2, 0.25) is 25.7 Å². The average molecular weight is 685 g/mol. The third-order valence-electron chi connectivity index (χ3n) is 9.85. The number of hydrogen-bond donors (Lipinski definition) is 1. The van der Waals surface area contributed by atoms with Crippen molar-refractivity contribution in [2.75, 3.05) is 57.9 Å². The molecule has 1 aliphatic carbocycles. The van der Waals surface area contributed by atoms with Gasteiger partial charge in [0.25, 0.3) is 0 Å². The second-order valence-electron chi connectivity index (χ2n) is 14.8. The molecule has 2 unspecified atom stereocenters. The van der Waals surface area contributed by atoms with Gasteiger partial charge in [0.15, 0.2) is 0 Å². The number of fused-ring (bicyclic) bond motifs is 2. The van der Waals surface area contributed by atoms with Gasteiger partial charge in [-0.15, -0.1) is 0 Å². The largest absolute Gasteiger partial charge is 0.463 e. The molecule has 3 aromatic rings. The summed E-state index contributed by atoms with van der Waals surface area (Å²) in [5.41, 5.74) is 1.98. The van der Waals surface area contributed by atoms with E-state index in [0.29, 0.717) is 75.4 Å². The monoisotopic (exact) mass is 684 g/mol. The van der Waals surface area contributed by atoms with E-state index in [4.69, 9.17) is 19.4 Å². The highest BCUT2D eigenvalue weighted by molar-refractivity contribution is 6.76. The maximum absolute atomic E-state index is 14.6. The first-order valence-corrected chi connectivity index (χ1v) is 20.8. The predicted octanol–water partition coefficient (Wildman–Crippen LogP) is 5.45. The van der Waals surface area contributed by atoms with Gasteiger partial charge in [0, 0.05) is 63.8 Å². The molecule has 4 heterocycles. The average Bonchev–Trinajstić information content (AvgIpc) is 3.66. The number of nitrogens with one attached hydrogen (secondary N) is 1. The summed E-state index contributed by atoms with van der Waals surface area (Å²) in [7, 11) is 0.810. The van der Waals surface area contributed by atoms with Crippen molar-refractivity contribution in [1.29, 1.82) is 5.26 Å². The summed E-state index contributed by atoms with van der Waals surface area (Å²) in [4.78, 5) is 14.2. The summed E-state index contributed by atoms with van der Waals surface area (Å²) in [5.74, 6) is 0.726. The first kappa shape index (κ1) is 34.6. The molecule has 0 spiro atoms. The standard InChI is InChI=1S/C34H47F3N8O2Si/c1-43-13-10-23(19-43)21-47-33-41-29-17-24(5-6-26(29)32(42-33)44-14-12-39-25(20-44)9-11-38)31-27-18-40-45(22-46-15-16-48(2,3)4)30(27)8-7-28(31)34(35,36)37/h7-8,18,23-25,39H,5-6,9-10,12-17,19-22H2,1-4H3/t23-,24?,25?/m1/s1. The van der Waals surface area contributed by atoms with Gasteiger partial charge in [0.05, 0.1) is 42.1 Å². The lowest BCUT2D eigenvalue weighted by atomic mass is 9.79. The van der Waals surface area contributed by atoms with Gasteiger partial charge in [-0.1, -0.05) is 19.6 Å². The Balaban J connectivity index is 1.32. The Morgan fingerprint density at radius 3 is 2.69 bits per heavy atom. The molecule has 2 saturated heterocycles. The van der Waals surface area contributed by atoms with E-state index in [2.05, 4.69) is 53.0 Å². The Kier molecular flexibility index (Phi) is 10.3. The molecular weight excluding hydrogens is 638 g/mol. The lowest BCUT2D eigenvalue weighted by Crippen LogP contribution is -2.51. The number of hydrogen-bond acceptors (Lipinski definition) is 9. The molecule has 0 amide bonds. The number of aromatic nitrogens is 4. The minimum absolute atomic E-state index is 0.00657. The molecule has 10 nitrogen and oxygen atoms in total. The first-order valence-electron chi connectivity index (χ1n) is 17.1. The zero-order chi connectivity index (χ0) is 34.1. The Bertz CT molecular complexity index is 1640. The van der Waals surface area contributed by atoms with Crippen molar-refractivity contribution in [1.82, 2.24) is 30.0 Å². The van der Waals surface area contributed by atoms with E-state index in [9.17, 15) is 18.4 Å². The zero-order valence-electron chi connectivity index (χ0n) is 28.4. The van der Waals surface area contributed by atoms with Crippen LogP contribution in [0.15, 0.2) is 18.3 Å². The fourth-order valence-corrected chi connectivity index (χ4v) is 8.02. The predicted molar refractivity (Wildman–Crippen MR) is 181 cm³/mol. The van der Waals surface area contributed by atoms with Crippen molar-refractivity contribution in [2.24, 2.45) is 5.92 Å². The van der Waals surface area contributed by atoms with E-state index < -0.39 is 25.7 Å². The molecule has 1 aromatic carbocycles. The number of nitriles is 1. The number of piperazine rings is 1. The van der Waals surface area contributed by atoms with E-state index in [-0.39, 0.29) is 24.3 Å². The van der Waals surface area contributed by atoms with Crippen LogP contribution in [0.5, 0.6) is 6.01 Å². The molecule has 2 aromatic heterocycles.